The molecule has 2 heterocycles. The summed E-state index contributed by atoms with van der Waals surface area (Å²) >= 11 is 0. The Morgan fingerprint density at radius 2 is 1.74 bits per heavy atom. The van der Waals surface area contributed by atoms with E-state index in [0.717, 1.165) is 0 Å². The second kappa shape index (κ2) is 5.05. The van der Waals surface area contributed by atoms with Crippen molar-refractivity contribution < 1.29 is 31.5 Å². The molecule has 0 fully saturated rings. The summed E-state index contributed by atoms with van der Waals surface area (Å²) in [7, 11) is -3.98. The average Bonchev–Trinajstić information content (AvgIpc) is 2.88. The van der Waals surface area contributed by atoms with Crippen LogP contribution in [0, 0.1) is 0 Å². The highest BCUT2D eigenvalue weighted by Gasteiger charge is 2.55. The molecule has 2 aliphatic heterocycles. The molecular formula is C11H14F3O4P. The second-order valence-electron chi connectivity index (χ2n) is 3.99. The first-order valence-electron chi connectivity index (χ1n) is 5.88. The largest absolute Gasteiger partial charge is 0.416 e. The maximum Gasteiger partial charge on any atom is 0.416 e. The number of hydrogen-bond acceptors (Lipinski definition) is 4. The molecule has 0 unspecified atom stereocenters. The van der Waals surface area contributed by atoms with Crippen molar-refractivity contribution in [2.45, 2.75) is 32.2 Å². The van der Waals surface area contributed by atoms with Crippen LogP contribution < -0.4 is 0 Å². The summed E-state index contributed by atoms with van der Waals surface area (Å²) in [5, 5.41) is -0.406. The molecule has 0 aromatic carbocycles. The fourth-order valence-corrected chi connectivity index (χ4v) is 4.24. The lowest BCUT2D eigenvalue weighted by Crippen LogP contribution is -2.22. The van der Waals surface area contributed by atoms with Gasteiger partial charge in [0.2, 0.25) is 0 Å². The van der Waals surface area contributed by atoms with E-state index >= 15 is 0 Å². The standard InChI is InChI=1S/C11H14F3O4P/c1-3-16-19(15,17-4-2)10-8-6-5-7(18-8)9(10)11(12,13)14/h5-8H,3-4H2,1-2H3/t7-,8+/m0/s1. The van der Waals surface area contributed by atoms with Gasteiger partial charge < -0.3 is 13.8 Å². The van der Waals surface area contributed by atoms with Crippen LogP contribution in [0.25, 0.3) is 0 Å². The predicted octanol–water partition coefficient (Wildman–Crippen LogP) is 3.41. The zero-order valence-electron chi connectivity index (χ0n) is 10.4. The van der Waals surface area contributed by atoms with Crippen molar-refractivity contribution in [3.63, 3.8) is 0 Å². The van der Waals surface area contributed by atoms with Crippen molar-refractivity contribution in [2.75, 3.05) is 13.2 Å². The Morgan fingerprint density at radius 3 is 2.21 bits per heavy atom. The normalized spacial score (nSPS) is 26.6. The molecular weight excluding hydrogens is 284 g/mol. The molecule has 0 amide bonds. The molecule has 8 heteroatoms. The third-order valence-electron chi connectivity index (χ3n) is 2.78. The summed E-state index contributed by atoms with van der Waals surface area (Å²) in [6, 6.07) is 0. The van der Waals surface area contributed by atoms with Gasteiger partial charge in [0, 0.05) is 0 Å². The van der Waals surface area contributed by atoms with Gasteiger partial charge in [0.1, 0.15) is 12.2 Å². The van der Waals surface area contributed by atoms with Gasteiger partial charge in [-0.15, -0.1) is 0 Å². The van der Waals surface area contributed by atoms with Crippen LogP contribution in [0.1, 0.15) is 13.8 Å². The molecule has 19 heavy (non-hydrogen) atoms. The molecule has 108 valence electrons. The quantitative estimate of drug-likeness (QED) is 0.576. The number of hydrogen-bond donors (Lipinski definition) is 0. The number of ether oxygens (including phenoxy) is 1. The Hall–Kier alpha value is -0.620. The fraction of sp³-hybridized carbons (Fsp3) is 0.636. The van der Waals surface area contributed by atoms with Crippen molar-refractivity contribution in [3.8, 4) is 0 Å². The van der Waals surface area contributed by atoms with E-state index in [1.807, 2.05) is 0 Å². The molecule has 2 atom stereocenters. The van der Waals surface area contributed by atoms with E-state index in [1.165, 1.54) is 12.2 Å². The molecule has 0 spiro atoms. The minimum atomic E-state index is -4.62. The third-order valence-corrected chi connectivity index (χ3v) is 5.06. The fourth-order valence-electron chi connectivity index (χ4n) is 2.20. The van der Waals surface area contributed by atoms with Gasteiger partial charge in [0.15, 0.2) is 0 Å². The summed E-state index contributed by atoms with van der Waals surface area (Å²) in [6.45, 7) is 3.08. The van der Waals surface area contributed by atoms with Crippen LogP contribution in [0.4, 0.5) is 13.2 Å². The van der Waals surface area contributed by atoms with E-state index in [4.69, 9.17) is 13.8 Å². The molecule has 2 rings (SSSR count). The van der Waals surface area contributed by atoms with Gasteiger partial charge in [-0.3, -0.25) is 4.57 Å². The first kappa shape index (κ1) is 14.8. The van der Waals surface area contributed by atoms with Crippen molar-refractivity contribution in [2.24, 2.45) is 0 Å². The van der Waals surface area contributed by atoms with Crippen LogP contribution in [-0.4, -0.2) is 31.6 Å². The zero-order valence-corrected chi connectivity index (χ0v) is 11.3. The van der Waals surface area contributed by atoms with Crippen LogP contribution in [0.15, 0.2) is 23.0 Å². The van der Waals surface area contributed by atoms with Gasteiger partial charge >= 0.3 is 13.8 Å². The Morgan fingerprint density at radius 1 is 1.21 bits per heavy atom. The molecule has 0 aliphatic carbocycles. The topological polar surface area (TPSA) is 44.8 Å². The van der Waals surface area contributed by atoms with E-state index in [2.05, 4.69) is 0 Å². The first-order valence-corrected chi connectivity index (χ1v) is 7.42. The summed E-state index contributed by atoms with van der Waals surface area (Å²) < 4.78 is 66.9. The van der Waals surface area contributed by atoms with Gasteiger partial charge in [-0.05, 0) is 13.8 Å². The van der Waals surface area contributed by atoms with Crippen LogP contribution in [-0.2, 0) is 18.3 Å². The van der Waals surface area contributed by atoms with Crippen LogP contribution in [0.2, 0.25) is 0 Å². The predicted molar refractivity (Wildman–Crippen MR) is 61.7 cm³/mol. The lowest BCUT2D eigenvalue weighted by Gasteiger charge is -2.23. The molecule has 0 saturated heterocycles. The van der Waals surface area contributed by atoms with Crippen LogP contribution >= 0.6 is 7.60 Å². The smallest absolute Gasteiger partial charge is 0.357 e. The summed E-state index contributed by atoms with van der Waals surface area (Å²) in [5.41, 5.74) is -0.953. The maximum absolute atomic E-state index is 13.1. The molecule has 0 radical (unpaired) electrons. The highest BCUT2D eigenvalue weighted by molar-refractivity contribution is 7.58. The van der Waals surface area contributed by atoms with E-state index in [0.29, 0.717) is 0 Å². The molecule has 0 aromatic heterocycles. The lowest BCUT2D eigenvalue weighted by atomic mass is 10.1. The summed E-state index contributed by atoms with van der Waals surface area (Å²) in [6.07, 6.45) is -4.07. The van der Waals surface area contributed by atoms with Crippen molar-refractivity contribution in [1.82, 2.24) is 0 Å². The number of halogens is 3. The van der Waals surface area contributed by atoms with Gasteiger partial charge in [-0.1, -0.05) is 12.2 Å². The Labute approximate surface area is 108 Å². The van der Waals surface area contributed by atoms with Gasteiger partial charge in [-0.2, -0.15) is 13.2 Å². The van der Waals surface area contributed by atoms with Crippen LogP contribution in [0.3, 0.4) is 0 Å². The molecule has 0 N–H and O–H groups in total. The monoisotopic (exact) mass is 298 g/mol. The zero-order chi connectivity index (χ0) is 14.3. The van der Waals surface area contributed by atoms with Gasteiger partial charge in [0.25, 0.3) is 0 Å². The van der Waals surface area contributed by atoms with Crippen molar-refractivity contribution >= 4 is 7.60 Å². The van der Waals surface area contributed by atoms with Crippen molar-refractivity contribution in [3.05, 3.63) is 23.0 Å². The first-order chi connectivity index (χ1) is 8.83. The van der Waals surface area contributed by atoms with Crippen molar-refractivity contribution in [1.29, 1.82) is 0 Å². The van der Waals surface area contributed by atoms with E-state index < -0.39 is 36.9 Å². The van der Waals surface area contributed by atoms with E-state index in [1.54, 1.807) is 13.8 Å². The highest BCUT2D eigenvalue weighted by atomic mass is 31.2. The SMILES string of the molecule is CCOP(=O)(OCC)C1=C(C(F)(F)F)[C@@H]2C=C[C@H]1O2. The molecule has 2 bridgehead atoms. The van der Waals surface area contributed by atoms with Crippen LogP contribution in [0.5, 0.6) is 0 Å². The van der Waals surface area contributed by atoms with Gasteiger partial charge in [0.05, 0.1) is 24.1 Å². The molecule has 0 saturated carbocycles. The molecule has 4 nitrogen and oxygen atoms in total. The van der Waals surface area contributed by atoms with Gasteiger partial charge in [-0.25, -0.2) is 0 Å². The maximum atomic E-state index is 13.1. The molecule has 2 aliphatic rings. The van der Waals surface area contributed by atoms with E-state index in [9.17, 15) is 17.7 Å². The Kier molecular flexibility index (Phi) is 3.93. The number of rotatable bonds is 5. The Balaban J connectivity index is 2.49. The summed E-state index contributed by atoms with van der Waals surface area (Å²) in [5.74, 6) is 0. The minimum Gasteiger partial charge on any atom is -0.357 e. The number of fused-ring (bicyclic) bond motifs is 2. The summed E-state index contributed by atoms with van der Waals surface area (Å²) in [4.78, 5) is 0. The minimum absolute atomic E-state index is 0.00693. The molecule has 0 aromatic rings. The third kappa shape index (κ3) is 2.52. The Bertz CT molecular complexity index is 459. The number of alkyl halides is 3. The van der Waals surface area contributed by atoms with E-state index in [-0.39, 0.29) is 13.2 Å². The highest BCUT2D eigenvalue weighted by Crippen LogP contribution is 2.64. The lowest BCUT2D eigenvalue weighted by molar-refractivity contribution is -0.101. The average molecular weight is 298 g/mol. The second-order valence-corrected chi connectivity index (χ2v) is 5.99.